The van der Waals surface area contributed by atoms with Gasteiger partial charge in [0.05, 0.1) is 12.0 Å². The lowest BCUT2D eigenvalue weighted by atomic mass is 10.0. The molecule has 0 fully saturated rings. The van der Waals surface area contributed by atoms with Crippen LogP contribution in [-0.2, 0) is 6.54 Å². The van der Waals surface area contributed by atoms with Gasteiger partial charge in [-0.15, -0.1) is 10.2 Å². The lowest BCUT2D eigenvalue weighted by Crippen LogP contribution is -2.05. The number of carbonyl (C=O) groups excluding carboxylic acids is 1. The van der Waals surface area contributed by atoms with Crippen LogP contribution >= 0.6 is 11.8 Å². The van der Waals surface area contributed by atoms with Crippen LogP contribution in [0.4, 0.5) is 0 Å². The zero-order valence-electron chi connectivity index (χ0n) is 13.9. The summed E-state index contributed by atoms with van der Waals surface area (Å²) in [7, 11) is 0. The van der Waals surface area contributed by atoms with Crippen LogP contribution in [0.2, 0.25) is 0 Å². The maximum atomic E-state index is 12.4. The number of hydrogen-bond acceptors (Lipinski definition) is 5. The van der Waals surface area contributed by atoms with E-state index in [9.17, 15) is 4.79 Å². The van der Waals surface area contributed by atoms with E-state index in [4.69, 9.17) is 4.42 Å². The predicted octanol–water partition coefficient (Wildman–Crippen LogP) is 4.15. The number of ketones is 1. The number of aromatic nitrogens is 3. The first-order valence-corrected chi connectivity index (χ1v) is 8.79. The fourth-order valence-corrected chi connectivity index (χ4v) is 3.29. The Labute approximate surface area is 145 Å². The number of Topliss-reactive ketones (excluding diaryl/α,β-unsaturated/α-hetero) is 1. The van der Waals surface area contributed by atoms with Gasteiger partial charge in [0.15, 0.2) is 22.5 Å². The molecule has 24 heavy (non-hydrogen) atoms. The normalized spacial score (nSPS) is 11.0. The van der Waals surface area contributed by atoms with Crippen molar-refractivity contribution in [1.29, 1.82) is 0 Å². The Kier molecular flexibility index (Phi) is 4.85. The standard InChI is InChI=1S/C18H19N3O2S/c1-4-21-17(16-6-5-9-23-16)19-20-18(21)24-11-15(22)14-8-7-12(2)13(3)10-14/h5-10H,4,11H2,1-3H3. The van der Waals surface area contributed by atoms with Crippen LogP contribution in [0.1, 0.15) is 28.4 Å². The van der Waals surface area contributed by atoms with E-state index in [1.807, 2.05) is 55.7 Å². The number of benzene rings is 1. The zero-order chi connectivity index (χ0) is 17.1. The van der Waals surface area contributed by atoms with E-state index in [0.717, 1.165) is 16.3 Å². The molecule has 0 saturated carbocycles. The summed E-state index contributed by atoms with van der Waals surface area (Å²) in [4.78, 5) is 12.4. The first kappa shape index (κ1) is 16.5. The van der Waals surface area contributed by atoms with Gasteiger partial charge < -0.3 is 4.42 Å². The van der Waals surface area contributed by atoms with Gasteiger partial charge in [-0.1, -0.05) is 23.9 Å². The molecule has 0 radical (unpaired) electrons. The topological polar surface area (TPSA) is 60.9 Å². The van der Waals surface area contributed by atoms with E-state index in [2.05, 4.69) is 10.2 Å². The van der Waals surface area contributed by atoms with Gasteiger partial charge in [0.2, 0.25) is 0 Å². The molecule has 0 bridgehead atoms. The second-order valence-electron chi connectivity index (χ2n) is 5.54. The molecule has 5 nitrogen and oxygen atoms in total. The van der Waals surface area contributed by atoms with E-state index < -0.39 is 0 Å². The van der Waals surface area contributed by atoms with Gasteiger partial charge in [-0.05, 0) is 50.1 Å². The molecule has 0 aliphatic carbocycles. The van der Waals surface area contributed by atoms with Crippen molar-refractivity contribution in [2.45, 2.75) is 32.5 Å². The van der Waals surface area contributed by atoms with Crippen molar-refractivity contribution in [3.8, 4) is 11.6 Å². The lowest BCUT2D eigenvalue weighted by molar-refractivity contribution is 0.102. The Morgan fingerprint density at radius 3 is 2.71 bits per heavy atom. The number of aryl methyl sites for hydroxylation is 2. The van der Waals surface area contributed by atoms with Crippen molar-refractivity contribution in [2.75, 3.05) is 5.75 Å². The van der Waals surface area contributed by atoms with Crippen molar-refractivity contribution in [2.24, 2.45) is 0 Å². The van der Waals surface area contributed by atoms with Crippen molar-refractivity contribution < 1.29 is 9.21 Å². The molecule has 0 saturated heterocycles. The third kappa shape index (κ3) is 3.28. The minimum Gasteiger partial charge on any atom is -0.461 e. The van der Waals surface area contributed by atoms with E-state index in [-0.39, 0.29) is 5.78 Å². The summed E-state index contributed by atoms with van der Waals surface area (Å²) in [6.07, 6.45) is 1.61. The molecule has 2 heterocycles. The molecule has 3 aromatic rings. The zero-order valence-corrected chi connectivity index (χ0v) is 14.8. The largest absolute Gasteiger partial charge is 0.461 e. The SMILES string of the molecule is CCn1c(SCC(=O)c2ccc(C)c(C)c2)nnc1-c1ccco1. The first-order valence-electron chi connectivity index (χ1n) is 7.80. The fraction of sp³-hybridized carbons (Fsp3) is 0.278. The van der Waals surface area contributed by atoms with Crippen LogP contribution in [0.3, 0.4) is 0 Å². The Bertz CT molecular complexity index is 853. The quantitative estimate of drug-likeness (QED) is 0.498. The molecule has 0 N–H and O–H groups in total. The fourth-order valence-electron chi connectivity index (χ4n) is 2.40. The number of nitrogens with zero attached hydrogens (tertiary/aromatic N) is 3. The number of rotatable bonds is 6. The predicted molar refractivity (Wildman–Crippen MR) is 94.4 cm³/mol. The van der Waals surface area contributed by atoms with Crippen molar-refractivity contribution >= 4 is 17.5 Å². The summed E-state index contributed by atoms with van der Waals surface area (Å²) in [5.74, 6) is 1.78. The third-order valence-electron chi connectivity index (χ3n) is 3.94. The molecule has 0 aliphatic rings. The Hall–Kier alpha value is -2.34. The molecule has 2 aromatic heterocycles. The molecular weight excluding hydrogens is 322 g/mol. The highest BCUT2D eigenvalue weighted by molar-refractivity contribution is 7.99. The summed E-state index contributed by atoms with van der Waals surface area (Å²) in [6.45, 7) is 6.79. The van der Waals surface area contributed by atoms with Crippen LogP contribution in [0.15, 0.2) is 46.2 Å². The number of hydrogen-bond donors (Lipinski definition) is 0. The number of thioether (sulfide) groups is 1. The summed E-state index contributed by atoms with van der Waals surface area (Å²) in [5.41, 5.74) is 3.05. The Balaban J connectivity index is 1.75. The molecule has 124 valence electrons. The summed E-state index contributed by atoms with van der Waals surface area (Å²) in [6, 6.07) is 9.48. The van der Waals surface area contributed by atoms with Gasteiger partial charge in [0.1, 0.15) is 0 Å². The highest BCUT2D eigenvalue weighted by atomic mass is 32.2. The number of furan rings is 1. The maximum Gasteiger partial charge on any atom is 0.200 e. The average molecular weight is 341 g/mol. The van der Waals surface area contributed by atoms with Gasteiger partial charge in [0, 0.05) is 12.1 Å². The van der Waals surface area contributed by atoms with Gasteiger partial charge in [-0.3, -0.25) is 9.36 Å². The highest BCUT2D eigenvalue weighted by Gasteiger charge is 2.16. The van der Waals surface area contributed by atoms with E-state index >= 15 is 0 Å². The van der Waals surface area contributed by atoms with Crippen LogP contribution < -0.4 is 0 Å². The summed E-state index contributed by atoms with van der Waals surface area (Å²) >= 11 is 1.40. The average Bonchev–Trinajstić information content (AvgIpc) is 3.23. The lowest BCUT2D eigenvalue weighted by Gasteiger charge is -2.06. The monoisotopic (exact) mass is 341 g/mol. The maximum absolute atomic E-state index is 12.4. The molecule has 0 unspecified atom stereocenters. The molecule has 0 atom stereocenters. The third-order valence-corrected chi connectivity index (χ3v) is 4.90. The van der Waals surface area contributed by atoms with Crippen molar-refractivity contribution in [3.05, 3.63) is 53.3 Å². The minimum atomic E-state index is 0.0910. The second kappa shape index (κ2) is 7.05. The van der Waals surface area contributed by atoms with Crippen molar-refractivity contribution in [1.82, 2.24) is 14.8 Å². The van der Waals surface area contributed by atoms with Gasteiger partial charge in [0.25, 0.3) is 0 Å². The van der Waals surface area contributed by atoms with Crippen LogP contribution in [0, 0.1) is 13.8 Å². The van der Waals surface area contributed by atoms with Gasteiger partial charge in [-0.25, -0.2) is 0 Å². The van der Waals surface area contributed by atoms with Crippen LogP contribution in [-0.4, -0.2) is 26.3 Å². The highest BCUT2D eigenvalue weighted by Crippen LogP contribution is 2.25. The van der Waals surface area contributed by atoms with E-state index in [0.29, 0.717) is 23.9 Å². The molecule has 0 amide bonds. The molecule has 0 spiro atoms. The Morgan fingerprint density at radius 1 is 1.21 bits per heavy atom. The van der Waals surface area contributed by atoms with E-state index in [1.165, 1.54) is 17.3 Å². The molecule has 3 rings (SSSR count). The Morgan fingerprint density at radius 2 is 2.04 bits per heavy atom. The summed E-state index contributed by atoms with van der Waals surface area (Å²) < 4.78 is 7.35. The van der Waals surface area contributed by atoms with Crippen LogP contribution in [0.5, 0.6) is 0 Å². The second-order valence-corrected chi connectivity index (χ2v) is 6.48. The number of carbonyl (C=O) groups is 1. The molecule has 0 aliphatic heterocycles. The molecule has 1 aromatic carbocycles. The molecular formula is C18H19N3O2S. The smallest absolute Gasteiger partial charge is 0.200 e. The van der Waals surface area contributed by atoms with Crippen LogP contribution in [0.25, 0.3) is 11.6 Å². The van der Waals surface area contributed by atoms with Crippen molar-refractivity contribution in [3.63, 3.8) is 0 Å². The first-order chi connectivity index (χ1) is 11.6. The summed E-state index contributed by atoms with van der Waals surface area (Å²) in [5, 5.41) is 9.12. The van der Waals surface area contributed by atoms with Gasteiger partial charge >= 0.3 is 0 Å². The van der Waals surface area contributed by atoms with Gasteiger partial charge in [-0.2, -0.15) is 0 Å². The molecule has 6 heteroatoms. The minimum absolute atomic E-state index is 0.0910. The van der Waals surface area contributed by atoms with E-state index in [1.54, 1.807) is 6.26 Å².